The minimum Gasteiger partial charge on any atom is -0.477 e. The van der Waals surface area contributed by atoms with Crippen LogP contribution in [-0.2, 0) is 6.42 Å². The van der Waals surface area contributed by atoms with E-state index in [4.69, 9.17) is 17.3 Å². The van der Waals surface area contributed by atoms with Crippen LogP contribution in [0.1, 0.15) is 48.3 Å². The number of anilines is 1. The van der Waals surface area contributed by atoms with E-state index in [0.29, 0.717) is 5.56 Å². The fraction of sp³-hybridized carbons (Fsp3) is 0.318. The van der Waals surface area contributed by atoms with Crippen molar-refractivity contribution in [1.82, 2.24) is 9.55 Å². The Kier molecular flexibility index (Phi) is 6.07. The summed E-state index contributed by atoms with van der Waals surface area (Å²) in [6.45, 7) is 5.31. The Morgan fingerprint density at radius 2 is 2.00 bits per heavy atom. The van der Waals surface area contributed by atoms with E-state index in [1.165, 1.54) is 29.0 Å². The molecule has 0 aliphatic rings. The number of halogens is 2. The number of aromatic nitrogens is 2. The van der Waals surface area contributed by atoms with Crippen molar-refractivity contribution in [3.63, 3.8) is 0 Å². The highest BCUT2D eigenvalue weighted by molar-refractivity contribution is 6.30. The van der Waals surface area contributed by atoms with E-state index in [2.05, 4.69) is 4.98 Å². The zero-order valence-electron chi connectivity index (χ0n) is 17.3. The van der Waals surface area contributed by atoms with E-state index < -0.39 is 34.2 Å². The molecular formula is C22H23ClFN3O4. The molecule has 164 valence electrons. The van der Waals surface area contributed by atoms with E-state index in [9.17, 15) is 24.2 Å². The molecule has 1 atom stereocenters. The number of aliphatic hydroxyl groups excluding tert-OH is 1. The molecule has 0 saturated carbocycles. The lowest BCUT2D eigenvalue weighted by Gasteiger charge is -2.32. The Bertz CT molecular complexity index is 1230. The van der Waals surface area contributed by atoms with E-state index in [1.54, 1.807) is 6.07 Å². The molecule has 1 aromatic carbocycles. The van der Waals surface area contributed by atoms with Gasteiger partial charge in [-0.05, 0) is 28.7 Å². The van der Waals surface area contributed by atoms with Gasteiger partial charge in [0.05, 0.1) is 23.1 Å². The molecule has 4 N–H and O–H groups in total. The second-order valence-corrected chi connectivity index (χ2v) is 8.85. The van der Waals surface area contributed by atoms with Crippen molar-refractivity contribution >= 4 is 34.4 Å². The molecule has 0 saturated heterocycles. The molecule has 0 radical (unpaired) electrons. The summed E-state index contributed by atoms with van der Waals surface area (Å²) in [6, 6.07) is 5.41. The third kappa shape index (κ3) is 4.26. The van der Waals surface area contributed by atoms with E-state index >= 15 is 0 Å². The first-order valence-electron chi connectivity index (χ1n) is 9.57. The topological polar surface area (TPSA) is 118 Å². The summed E-state index contributed by atoms with van der Waals surface area (Å²) >= 11 is 5.85. The molecule has 0 amide bonds. The highest BCUT2D eigenvalue weighted by Crippen LogP contribution is 2.33. The van der Waals surface area contributed by atoms with Crippen molar-refractivity contribution < 1.29 is 19.4 Å². The van der Waals surface area contributed by atoms with Gasteiger partial charge in [-0.25, -0.2) is 14.2 Å². The lowest BCUT2D eigenvalue weighted by atomic mass is 9.86. The van der Waals surface area contributed by atoms with Crippen LogP contribution in [0.15, 0.2) is 35.3 Å². The standard InChI is InChI=1S/C22H23ClFN3O4/c1-22(2,3)16(10-28)27-9-14(21(30)31)18(29)13-8-12(19(25)26-20(13)27)7-11-5-4-6-15(23)17(11)24/h4-6,8-9,16,28H,7,10H2,1-3H3,(H2,25,26)(H,30,31). The highest BCUT2D eigenvalue weighted by atomic mass is 35.5. The SMILES string of the molecule is CC(C)(C)C(CO)n1cc(C(=O)O)c(=O)c2cc(Cc3cccc(Cl)c3F)c(N)nc21. The van der Waals surface area contributed by atoms with Crippen molar-refractivity contribution in [3.8, 4) is 0 Å². The van der Waals surface area contributed by atoms with Gasteiger partial charge < -0.3 is 20.5 Å². The molecule has 2 heterocycles. The number of carboxylic acids is 1. The molecule has 3 aromatic rings. The number of pyridine rings is 2. The molecule has 0 bridgehead atoms. The number of carboxylic acid groups (broad SMARTS) is 1. The molecule has 0 fully saturated rings. The zero-order chi connectivity index (χ0) is 23.1. The van der Waals surface area contributed by atoms with E-state index in [-0.39, 0.29) is 40.5 Å². The van der Waals surface area contributed by atoms with Crippen molar-refractivity contribution in [1.29, 1.82) is 0 Å². The molecule has 2 aromatic heterocycles. The number of hydrogen-bond acceptors (Lipinski definition) is 5. The Morgan fingerprint density at radius 1 is 1.32 bits per heavy atom. The van der Waals surface area contributed by atoms with Gasteiger partial charge in [-0.3, -0.25) is 4.79 Å². The van der Waals surface area contributed by atoms with Crippen molar-refractivity contribution in [3.05, 3.63) is 68.2 Å². The quantitative estimate of drug-likeness (QED) is 0.549. The first kappa shape index (κ1) is 22.7. The average molecular weight is 448 g/mol. The molecule has 3 rings (SSSR count). The molecule has 1 unspecified atom stereocenters. The molecule has 0 aliphatic heterocycles. The lowest BCUT2D eigenvalue weighted by Crippen LogP contribution is -2.31. The largest absolute Gasteiger partial charge is 0.477 e. The zero-order valence-corrected chi connectivity index (χ0v) is 18.1. The summed E-state index contributed by atoms with van der Waals surface area (Å²) in [7, 11) is 0. The highest BCUT2D eigenvalue weighted by Gasteiger charge is 2.29. The number of aliphatic hydroxyl groups is 1. The van der Waals surface area contributed by atoms with Gasteiger partial charge in [-0.2, -0.15) is 0 Å². The van der Waals surface area contributed by atoms with Gasteiger partial charge in [-0.1, -0.05) is 44.5 Å². The van der Waals surface area contributed by atoms with Gasteiger partial charge in [0.25, 0.3) is 0 Å². The number of benzene rings is 1. The third-order valence-corrected chi connectivity index (χ3v) is 5.56. The fourth-order valence-electron chi connectivity index (χ4n) is 3.53. The number of nitrogen functional groups attached to an aromatic ring is 1. The van der Waals surface area contributed by atoms with Crippen LogP contribution in [0.25, 0.3) is 11.0 Å². The first-order valence-corrected chi connectivity index (χ1v) is 9.94. The number of hydrogen-bond donors (Lipinski definition) is 3. The smallest absolute Gasteiger partial charge is 0.341 e. The Labute approximate surface area is 182 Å². The number of fused-ring (bicyclic) bond motifs is 1. The molecule has 31 heavy (non-hydrogen) atoms. The monoisotopic (exact) mass is 447 g/mol. The summed E-state index contributed by atoms with van der Waals surface area (Å²) < 4.78 is 15.8. The minimum atomic E-state index is -1.40. The fourth-order valence-corrected chi connectivity index (χ4v) is 3.72. The number of nitrogens with zero attached hydrogens (tertiary/aromatic N) is 2. The van der Waals surface area contributed by atoms with Gasteiger partial charge >= 0.3 is 5.97 Å². The van der Waals surface area contributed by atoms with Gasteiger partial charge in [-0.15, -0.1) is 0 Å². The van der Waals surface area contributed by atoms with Gasteiger partial charge in [0, 0.05) is 12.6 Å². The van der Waals surface area contributed by atoms with Crippen LogP contribution in [0.2, 0.25) is 5.02 Å². The molecule has 7 nitrogen and oxygen atoms in total. The number of nitrogens with two attached hydrogens (primary N) is 1. The van der Waals surface area contributed by atoms with Crippen molar-refractivity contribution in [2.24, 2.45) is 5.41 Å². The maximum atomic E-state index is 14.4. The lowest BCUT2D eigenvalue weighted by molar-refractivity contribution is 0.0692. The van der Waals surface area contributed by atoms with Crippen LogP contribution < -0.4 is 11.2 Å². The maximum Gasteiger partial charge on any atom is 0.341 e. The van der Waals surface area contributed by atoms with E-state index in [0.717, 1.165) is 0 Å². The van der Waals surface area contributed by atoms with Crippen molar-refractivity contribution in [2.75, 3.05) is 12.3 Å². The summed E-state index contributed by atoms with van der Waals surface area (Å²) in [4.78, 5) is 29.0. The van der Waals surface area contributed by atoms with Crippen LogP contribution in [0.3, 0.4) is 0 Å². The average Bonchev–Trinajstić information content (AvgIpc) is 2.67. The van der Waals surface area contributed by atoms with Gasteiger partial charge in [0.15, 0.2) is 0 Å². The number of rotatable bonds is 5. The molecule has 0 spiro atoms. The van der Waals surface area contributed by atoms with Gasteiger partial charge in [0.2, 0.25) is 5.43 Å². The van der Waals surface area contributed by atoms with Crippen LogP contribution >= 0.6 is 11.6 Å². The second kappa shape index (κ2) is 8.28. The van der Waals surface area contributed by atoms with Crippen LogP contribution in [0.5, 0.6) is 0 Å². The Hall–Kier alpha value is -2.97. The van der Waals surface area contributed by atoms with Crippen LogP contribution in [0, 0.1) is 11.2 Å². The summed E-state index contributed by atoms with van der Waals surface area (Å²) in [5, 5.41) is 19.5. The number of carbonyl (C=O) groups is 1. The summed E-state index contributed by atoms with van der Waals surface area (Å²) in [6.07, 6.45) is 1.20. The Morgan fingerprint density at radius 3 is 2.58 bits per heavy atom. The van der Waals surface area contributed by atoms with E-state index in [1.807, 2.05) is 20.8 Å². The molecule has 0 aliphatic carbocycles. The summed E-state index contributed by atoms with van der Waals surface area (Å²) in [5.74, 6) is -1.94. The first-order chi connectivity index (χ1) is 14.5. The maximum absolute atomic E-state index is 14.4. The normalized spacial score (nSPS) is 12.8. The number of aromatic carboxylic acids is 1. The van der Waals surface area contributed by atoms with Crippen LogP contribution in [0.4, 0.5) is 10.2 Å². The van der Waals surface area contributed by atoms with Crippen LogP contribution in [-0.4, -0.2) is 32.3 Å². The molecule has 9 heteroatoms. The third-order valence-electron chi connectivity index (χ3n) is 5.27. The Balaban J connectivity index is 2.30. The predicted octanol–water partition coefficient (Wildman–Crippen LogP) is 3.64. The van der Waals surface area contributed by atoms with Gasteiger partial charge in [0.1, 0.15) is 22.8 Å². The minimum absolute atomic E-state index is 0.0145. The molecular weight excluding hydrogens is 425 g/mol. The van der Waals surface area contributed by atoms with Crippen molar-refractivity contribution in [2.45, 2.75) is 33.2 Å². The second-order valence-electron chi connectivity index (χ2n) is 8.44. The predicted molar refractivity (Wildman–Crippen MR) is 117 cm³/mol. The summed E-state index contributed by atoms with van der Waals surface area (Å²) in [5.41, 5.74) is 5.23.